The smallest absolute Gasteiger partial charge is 0.0418 e. The Morgan fingerprint density at radius 1 is 1.30 bits per heavy atom. The second kappa shape index (κ2) is 5.74. The van der Waals surface area contributed by atoms with E-state index in [0.29, 0.717) is 6.04 Å². The van der Waals surface area contributed by atoms with Crippen molar-refractivity contribution in [1.82, 2.24) is 4.90 Å². The van der Waals surface area contributed by atoms with Crippen molar-refractivity contribution >= 4 is 5.69 Å². The SMILES string of the molecule is CCC(N)c1ccccc1N1CC2CCCN2CC1C. The highest BCUT2D eigenvalue weighted by Gasteiger charge is 2.35. The monoisotopic (exact) mass is 273 g/mol. The summed E-state index contributed by atoms with van der Waals surface area (Å²) in [7, 11) is 0. The lowest BCUT2D eigenvalue weighted by atomic mass is 9.99. The number of hydrogen-bond acceptors (Lipinski definition) is 3. The minimum atomic E-state index is 0.153. The molecule has 3 rings (SSSR count). The predicted octanol–water partition coefficient (Wildman–Crippen LogP) is 2.77. The highest BCUT2D eigenvalue weighted by Crippen LogP contribution is 2.33. The second-order valence-electron chi connectivity index (χ2n) is 6.37. The normalized spacial score (nSPS) is 28.4. The van der Waals surface area contributed by atoms with Crippen molar-refractivity contribution in [3.8, 4) is 0 Å². The molecule has 0 aromatic heterocycles. The number of rotatable bonds is 3. The average molecular weight is 273 g/mol. The Bertz CT molecular complexity index is 459. The van der Waals surface area contributed by atoms with Crippen molar-refractivity contribution in [2.24, 2.45) is 5.73 Å². The molecule has 110 valence electrons. The molecule has 0 spiro atoms. The van der Waals surface area contributed by atoms with Crippen molar-refractivity contribution in [2.45, 2.75) is 51.2 Å². The molecule has 2 aliphatic rings. The van der Waals surface area contributed by atoms with Crippen LogP contribution in [0.1, 0.15) is 44.7 Å². The first kappa shape index (κ1) is 13.9. The fourth-order valence-corrected chi connectivity index (χ4v) is 3.81. The molecule has 2 saturated heterocycles. The largest absolute Gasteiger partial charge is 0.366 e. The molecule has 3 atom stereocenters. The average Bonchev–Trinajstić information content (AvgIpc) is 2.92. The van der Waals surface area contributed by atoms with Crippen LogP contribution < -0.4 is 10.6 Å². The minimum Gasteiger partial charge on any atom is -0.366 e. The van der Waals surface area contributed by atoms with Crippen molar-refractivity contribution in [2.75, 3.05) is 24.5 Å². The number of fused-ring (bicyclic) bond motifs is 1. The third kappa shape index (κ3) is 2.45. The fourth-order valence-electron chi connectivity index (χ4n) is 3.81. The first-order valence-corrected chi connectivity index (χ1v) is 8.06. The van der Waals surface area contributed by atoms with Crippen LogP contribution in [-0.2, 0) is 0 Å². The Balaban J connectivity index is 1.88. The molecule has 2 aliphatic heterocycles. The van der Waals surface area contributed by atoms with Gasteiger partial charge in [0.2, 0.25) is 0 Å². The van der Waals surface area contributed by atoms with Crippen molar-refractivity contribution < 1.29 is 0 Å². The van der Waals surface area contributed by atoms with Gasteiger partial charge in [0, 0.05) is 36.9 Å². The number of benzene rings is 1. The van der Waals surface area contributed by atoms with Crippen LogP contribution in [0.3, 0.4) is 0 Å². The standard InChI is InChI=1S/C17H27N3/c1-3-16(18)15-8-4-5-9-17(15)20-12-14-7-6-10-19(14)11-13(20)2/h4-5,8-9,13-14,16H,3,6-7,10-12,18H2,1-2H3. The number of piperazine rings is 1. The number of para-hydroxylation sites is 1. The summed E-state index contributed by atoms with van der Waals surface area (Å²) < 4.78 is 0. The maximum atomic E-state index is 6.32. The molecule has 0 radical (unpaired) electrons. The third-order valence-corrected chi connectivity index (χ3v) is 5.02. The van der Waals surface area contributed by atoms with E-state index in [9.17, 15) is 0 Å². The quantitative estimate of drug-likeness (QED) is 0.919. The molecule has 2 N–H and O–H groups in total. The van der Waals surface area contributed by atoms with Gasteiger partial charge in [-0.1, -0.05) is 25.1 Å². The van der Waals surface area contributed by atoms with Gasteiger partial charge in [0.1, 0.15) is 0 Å². The summed E-state index contributed by atoms with van der Waals surface area (Å²) >= 11 is 0. The van der Waals surface area contributed by atoms with Gasteiger partial charge in [0.25, 0.3) is 0 Å². The highest BCUT2D eigenvalue weighted by atomic mass is 15.3. The van der Waals surface area contributed by atoms with Gasteiger partial charge in [-0.25, -0.2) is 0 Å². The van der Waals surface area contributed by atoms with E-state index >= 15 is 0 Å². The summed E-state index contributed by atoms with van der Waals surface area (Å²) in [6.45, 7) is 8.16. The molecule has 0 aliphatic carbocycles. The molecule has 20 heavy (non-hydrogen) atoms. The second-order valence-corrected chi connectivity index (χ2v) is 6.37. The minimum absolute atomic E-state index is 0.153. The maximum absolute atomic E-state index is 6.32. The number of hydrogen-bond donors (Lipinski definition) is 1. The zero-order valence-electron chi connectivity index (χ0n) is 12.8. The van der Waals surface area contributed by atoms with Crippen LogP contribution in [0, 0.1) is 0 Å². The Labute approximate surface area is 122 Å². The van der Waals surface area contributed by atoms with Crippen LogP contribution in [0.2, 0.25) is 0 Å². The first-order chi connectivity index (χ1) is 9.70. The summed E-state index contributed by atoms with van der Waals surface area (Å²) in [6.07, 6.45) is 3.71. The Morgan fingerprint density at radius 3 is 2.90 bits per heavy atom. The molecule has 1 aromatic carbocycles. The van der Waals surface area contributed by atoms with E-state index in [1.54, 1.807) is 0 Å². The summed E-state index contributed by atoms with van der Waals surface area (Å²) in [4.78, 5) is 5.26. The molecular weight excluding hydrogens is 246 g/mol. The lowest BCUT2D eigenvalue weighted by molar-refractivity contribution is 0.202. The van der Waals surface area contributed by atoms with Gasteiger partial charge in [-0.15, -0.1) is 0 Å². The molecule has 1 aromatic rings. The molecule has 3 heteroatoms. The van der Waals surface area contributed by atoms with E-state index in [1.807, 2.05) is 0 Å². The first-order valence-electron chi connectivity index (χ1n) is 8.06. The van der Waals surface area contributed by atoms with Crippen molar-refractivity contribution in [1.29, 1.82) is 0 Å². The van der Waals surface area contributed by atoms with Crippen LogP contribution in [0.15, 0.2) is 24.3 Å². The van der Waals surface area contributed by atoms with E-state index in [2.05, 4.69) is 47.9 Å². The van der Waals surface area contributed by atoms with Gasteiger partial charge >= 0.3 is 0 Å². The van der Waals surface area contributed by atoms with Gasteiger partial charge in [-0.2, -0.15) is 0 Å². The van der Waals surface area contributed by atoms with Crippen LogP contribution in [0.25, 0.3) is 0 Å². The van der Waals surface area contributed by atoms with E-state index < -0.39 is 0 Å². The number of anilines is 1. The third-order valence-electron chi connectivity index (χ3n) is 5.02. The van der Waals surface area contributed by atoms with Gasteiger partial charge in [0.05, 0.1) is 0 Å². The van der Waals surface area contributed by atoms with Crippen LogP contribution >= 0.6 is 0 Å². The van der Waals surface area contributed by atoms with E-state index in [0.717, 1.165) is 19.0 Å². The summed E-state index contributed by atoms with van der Waals surface area (Å²) in [5, 5.41) is 0. The lowest BCUT2D eigenvalue weighted by Crippen LogP contribution is -2.55. The Kier molecular flexibility index (Phi) is 3.99. The maximum Gasteiger partial charge on any atom is 0.0418 e. The summed E-state index contributed by atoms with van der Waals surface area (Å²) in [5.74, 6) is 0. The van der Waals surface area contributed by atoms with Crippen LogP contribution in [0.4, 0.5) is 5.69 Å². The molecular formula is C17H27N3. The highest BCUT2D eigenvalue weighted by molar-refractivity contribution is 5.56. The van der Waals surface area contributed by atoms with Gasteiger partial charge in [-0.05, 0) is 44.4 Å². The number of nitrogens with two attached hydrogens (primary N) is 1. The van der Waals surface area contributed by atoms with Crippen molar-refractivity contribution in [3.05, 3.63) is 29.8 Å². The lowest BCUT2D eigenvalue weighted by Gasteiger charge is -2.44. The Morgan fingerprint density at radius 2 is 2.10 bits per heavy atom. The zero-order valence-corrected chi connectivity index (χ0v) is 12.8. The van der Waals surface area contributed by atoms with E-state index in [4.69, 9.17) is 5.73 Å². The van der Waals surface area contributed by atoms with Gasteiger partial charge in [-0.3, -0.25) is 4.90 Å². The van der Waals surface area contributed by atoms with Crippen LogP contribution in [-0.4, -0.2) is 36.6 Å². The molecule has 0 bridgehead atoms. The topological polar surface area (TPSA) is 32.5 Å². The number of nitrogens with zero attached hydrogens (tertiary/aromatic N) is 2. The molecule has 2 fully saturated rings. The predicted molar refractivity (Wildman–Crippen MR) is 85.1 cm³/mol. The Hall–Kier alpha value is -1.06. The molecule has 2 heterocycles. The molecule has 0 amide bonds. The van der Waals surface area contributed by atoms with E-state index in [1.165, 1.54) is 37.2 Å². The summed E-state index contributed by atoms with van der Waals surface area (Å²) in [5.41, 5.74) is 8.99. The van der Waals surface area contributed by atoms with Gasteiger partial charge in [0.15, 0.2) is 0 Å². The van der Waals surface area contributed by atoms with Gasteiger partial charge < -0.3 is 10.6 Å². The van der Waals surface area contributed by atoms with E-state index in [-0.39, 0.29) is 6.04 Å². The van der Waals surface area contributed by atoms with Crippen molar-refractivity contribution in [3.63, 3.8) is 0 Å². The molecule has 0 saturated carbocycles. The molecule has 3 nitrogen and oxygen atoms in total. The fraction of sp³-hybridized carbons (Fsp3) is 0.647. The zero-order chi connectivity index (χ0) is 14.1. The van der Waals surface area contributed by atoms with Crippen LogP contribution in [0.5, 0.6) is 0 Å². The summed E-state index contributed by atoms with van der Waals surface area (Å²) in [6, 6.07) is 10.2. The molecule has 3 unspecified atom stereocenters.